The van der Waals surface area contributed by atoms with E-state index in [0.29, 0.717) is 50.4 Å². The van der Waals surface area contributed by atoms with Crippen LogP contribution in [0.3, 0.4) is 0 Å². The van der Waals surface area contributed by atoms with E-state index in [1.54, 1.807) is 5.01 Å². The van der Waals surface area contributed by atoms with Gasteiger partial charge in [0.25, 0.3) is 0 Å². The average Bonchev–Trinajstić information content (AvgIpc) is 4.06. The van der Waals surface area contributed by atoms with Gasteiger partial charge < -0.3 is 23.8 Å². The second-order valence-corrected chi connectivity index (χ2v) is 16.2. The van der Waals surface area contributed by atoms with Gasteiger partial charge in [0.2, 0.25) is 28.6 Å². The first-order valence-electron chi connectivity index (χ1n) is 18.2. The van der Waals surface area contributed by atoms with Crippen molar-refractivity contribution in [2.75, 3.05) is 37.6 Å². The van der Waals surface area contributed by atoms with Crippen LogP contribution in [0.1, 0.15) is 41.5 Å². The average molecular weight is 784 g/mol. The molecule has 4 aromatic carbocycles. The molecule has 0 fully saturated rings. The summed E-state index contributed by atoms with van der Waals surface area (Å²) in [6.07, 6.45) is 4.09. The smallest absolute Gasteiger partial charge is 0.231 e. The van der Waals surface area contributed by atoms with E-state index in [1.165, 1.54) is 28.2 Å². The summed E-state index contributed by atoms with van der Waals surface area (Å²) in [6.45, 7) is 4.67. The first kappa shape index (κ1) is 34.3. The second-order valence-electron chi connectivity index (χ2n) is 14.4. The van der Waals surface area contributed by atoms with Crippen molar-refractivity contribution in [2.24, 2.45) is 5.84 Å². The molecule has 0 saturated carbocycles. The number of imidazole rings is 2. The van der Waals surface area contributed by atoms with Gasteiger partial charge >= 0.3 is 0 Å². The van der Waals surface area contributed by atoms with E-state index in [1.807, 2.05) is 78.0 Å². The maximum absolute atomic E-state index is 7.55. The Morgan fingerprint density at radius 2 is 1.39 bits per heavy atom. The lowest BCUT2D eigenvalue weighted by Gasteiger charge is -2.39. The molecule has 282 valence electrons. The molecule has 10 rings (SSSR count). The van der Waals surface area contributed by atoms with E-state index in [-0.39, 0.29) is 13.6 Å². The zero-order chi connectivity index (χ0) is 38.1. The number of rotatable bonds is 10. The van der Waals surface area contributed by atoms with Crippen molar-refractivity contribution in [3.63, 3.8) is 0 Å². The van der Waals surface area contributed by atoms with Crippen molar-refractivity contribution in [3.05, 3.63) is 119 Å². The molecule has 2 N–H and O–H groups in total. The third kappa shape index (κ3) is 5.61. The molecule has 1 unspecified atom stereocenters. The van der Waals surface area contributed by atoms with Crippen molar-refractivity contribution in [2.45, 2.75) is 31.7 Å². The SMILES string of the molecule is CC(C)c1ccc(-c2cnc3sc(N(N)C(Cc4ccc5c(c4)OCO5)(c4ccc5c(c4)OCO5)c4nn5c(-c6cccc(N(C)C)c6)cnc5s4)nn23)cc1. The number of nitrogens with two attached hydrogens (primary N) is 1. The van der Waals surface area contributed by atoms with Gasteiger partial charge in [-0.25, -0.2) is 24.8 Å². The van der Waals surface area contributed by atoms with Crippen molar-refractivity contribution < 1.29 is 18.9 Å². The molecule has 0 amide bonds. The Hall–Kier alpha value is -6.16. The van der Waals surface area contributed by atoms with Crippen LogP contribution in [0.2, 0.25) is 0 Å². The zero-order valence-electron chi connectivity index (χ0n) is 31.0. The number of ether oxygens (including phenoxy) is 4. The van der Waals surface area contributed by atoms with E-state index in [0.717, 1.165) is 44.3 Å². The quantitative estimate of drug-likeness (QED) is 0.108. The summed E-state index contributed by atoms with van der Waals surface area (Å²) in [7, 11) is 4.05. The molecule has 0 spiro atoms. The lowest BCUT2D eigenvalue weighted by atomic mass is 9.83. The highest BCUT2D eigenvalue weighted by molar-refractivity contribution is 7.20. The Morgan fingerprint density at radius 1 is 0.732 bits per heavy atom. The molecule has 0 radical (unpaired) electrons. The highest BCUT2D eigenvalue weighted by atomic mass is 32.1. The highest BCUT2D eigenvalue weighted by Gasteiger charge is 2.46. The van der Waals surface area contributed by atoms with Crippen LogP contribution >= 0.6 is 22.7 Å². The molecule has 2 aliphatic heterocycles. The molecule has 0 saturated heterocycles. The number of hydrogen-bond donors (Lipinski definition) is 1. The molecule has 2 aliphatic rings. The molecular formula is C41H37N9O4S2. The fraction of sp³-hybridized carbons (Fsp3) is 0.220. The van der Waals surface area contributed by atoms with Crippen molar-refractivity contribution in [1.29, 1.82) is 0 Å². The highest BCUT2D eigenvalue weighted by Crippen LogP contribution is 2.47. The number of aromatic nitrogens is 6. The Kier molecular flexibility index (Phi) is 8.13. The van der Waals surface area contributed by atoms with Crippen molar-refractivity contribution in [1.82, 2.24) is 29.2 Å². The van der Waals surface area contributed by atoms with Crippen LogP contribution in [-0.2, 0) is 12.0 Å². The lowest BCUT2D eigenvalue weighted by Crippen LogP contribution is -2.53. The summed E-state index contributed by atoms with van der Waals surface area (Å²) >= 11 is 2.88. The number of hydrazine groups is 1. The topological polar surface area (TPSA) is 130 Å². The minimum Gasteiger partial charge on any atom is -0.454 e. The Labute approximate surface area is 330 Å². The van der Waals surface area contributed by atoms with Gasteiger partial charge in [0, 0.05) is 37.3 Å². The molecule has 4 aromatic heterocycles. The standard InChI is InChI=1S/C41H37N9O4S2/c1-24(2)26-9-11-27(12-10-26)31-20-44-39-49(31)46-40(56-39)50(42)41(29-13-15-34-36(18-29)54-23-52-34,19-25-8-14-33-35(16-25)53-22-51-33)37-45-48-32(21-43-38(48)55-37)28-6-5-7-30(17-28)47(3)4/h5-18,20-21,24H,19,22-23,42H2,1-4H3. The molecule has 1 atom stereocenters. The number of benzene rings is 4. The number of anilines is 2. The van der Waals surface area contributed by atoms with Gasteiger partial charge in [-0.3, -0.25) is 5.01 Å². The summed E-state index contributed by atoms with van der Waals surface area (Å²) in [5.74, 6) is 10.6. The Morgan fingerprint density at radius 3 is 2.12 bits per heavy atom. The first-order valence-corrected chi connectivity index (χ1v) is 19.8. The van der Waals surface area contributed by atoms with E-state index in [4.69, 9.17) is 45.0 Å². The maximum atomic E-state index is 7.55. The number of fused-ring (bicyclic) bond motifs is 4. The van der Waals surface area contributed by atoms with Crippen LogP contribution in [0.5, 0.6) is 23.0 Å². The van der Waals surface area contributed by atoms with Gasteiger partial charge in [0.05, 0.1) is 23.8 Å². The van der Waals surface area contributed by atoms with Crippen LogP contribution in [0.4, 0.5) is 10.8 Å². The van der Waals surface area contributed by atoms with Gasteiger partial charge in [-0.15, -0.1) is 5.10 Å². The van der Waals surface area contributed by atoms with Gasteiger partial charge in [0.15, 0.2) is 23.0 Å². The van der Waals surface area contributed by atoms with E-state index in [9.17, 15) is 0 Å². The van der Waals surface area contributed by atoms with E-state index in [2.05, 4.69) is 61.2 Å². The summed E-state index contributed by atoms with van der Waals surface area (Å²) in [5, 5.41) is 13.5. The molecule has 8 aromatic rings. The van der Waals surface area contributed by atoms with Gasteiger partial charge in [-0.2, -0.15) is 5.10 Å². The van der Waals surface area contributed by atoms with Crippen LogP contribution < -0.4 is 34.7 Å². The summed E-state index contributed by atoms with van der Waals surface area (Å²) in [4.78, 5) is 13.2. The molecule has 0 bridgehead atoms. The van der Waals surface area contributed by atoms with Gasteiger partial charge in [-0.1, -0.05) is 85.1 Å². The van der Waals surface area contributed by atoms with Crippen LogP contribution in [0.25, 0.3) is 32.4 Å². The summed E-state index contributed by atoms with van der Waals surface area (Å²) in [5.41, 5.74) is 6.68. The fourth-order valence-electron chi connectivity index (χ4n) is 7.31. The Balaban J connectivity index is 1.17. The third-order valence-electron chi connectivity index (χ3n) is 10.4. The molecule has 0 aliphatic carbocycles. The third-order valence-corrected chi connectivity index (χ3v) is 12.4. The monoisotopic (exact) mass is 783 g/mol. The zero-order valence-corrected chi connectivity index (χ0v) is 32.7. The molecule has 6 heterocycles. The molecule has 56 heavy (non-hydrogen) atoms. The van der Waals surface area contributed by atoms with Crippen LogP contribution in [0, 0.1) is 0 Å². The Bertz CT molecular complexity index is 2750. The van der Waals surface area contributed by atoms with Crippen LogP contribution in [-0.4, -0.2) is 56.9 Å². The maximum Gasteiger partial charge on any atom is 0.231 e. The minimum absolute atomic E-state index is 0.130. The molecular weight excluding hydrogens is 747 g/mol. The summed E-state index contributed by atoms with van der Waals surface area (Å²) < 4.78 is 27.0. The molecule has 15 heteroatoms. The van der Waals surface area contributed by atoms with Gasteiger partial charge in [0.1, 0.15) is 10.5 Å². The van der Waals surface area contributed by atoms with Crippen LogP contribution in [0.15, 0.2) is 97.3 Å². The molecule has 13 nitrogen and oxygen atoms in total. The predicted molar refractivity (Wildman–Crippen MR) is 217 cm³/mol. The van der Waals surface area contributed by atoms with E-state index < -0.39 is 5.54 Å². The first-order chi connectivity index (χ1) is 27.2. The van der Waals surface area contributed by atoms with Crippen molar-refractivity contribution >= 4 is 43.4 Å². The largest absolute Gasteiger partial charge is 0.454 e. The second kappa shape index (κ2) is 13.3. The van der Waals surface area contributed by atoms with E-state index >= 15 is 0 Å². The summed E-state index contributed by atoms with van der Waals surface area (Å²) in [6, 6.07) is 28.8. The van der Waals surface area contributed by atoms with Crippen molar-refractivity contribution in [3.8, 4) is 45.5 Å². The minimum atomic E-state index is -1.16. The van der Waals surface area contributed by atoms with Gasteiger partial charge in [-0.05, 0) is 59.0 Å². The predicted octanol–water partition coefficient (Wildman–Crippen LogP) is 7.74. The lowest BCUT2D eigenvalue weighted by molar-refractivity contribution is 0.173. The number of nitrogens with zero attached hydrogens (tertiary/aromatic N) is 8. The fourth-order valence-corrected chi connectivity index (χ4v) is 9.26. The number of hydrogen-bond acceptors (Lipinski definition) is 13. The normalized spacial score (nSPS) is 14.2.